The molecule has 0 aromatic heterocycles. The quantitative estimate of drug-likeness (QED) is 0.0866. The minimum atomic E-state index is -2.76. The lowest BCUT2D eigenvalue weighted by Gasteiger charge is -2.19. The second kappa shape index (κ2) is 19.6. The summed E-state index contributed by atoms with van der Waals surface area (Å²) in [5.74, 6) is 0. The van der Waals surface area contributed by atoms with Crippen LogP contribution in [0.25, 0.3) is 0 Å². The van der Waals surface area contributed by atoms with Crippen molar-refractivity contribution >= 4 is 35.5 Å². The first-order chi connectivity index (χ1) is 22.1. The van der Waals surface area contributed by atoms with Crippen LogP contribution in [0.15, 0.2) is 121 Å². The van der Waals surface area contributed by atoms with Crippen LogP contribution in [0.1, 0.15) is 0 Å². The summed E-state index contributed by atoms with van der Waals surface area (Å²) in [7, 11) is -5.52. The van der Waals surface area contributed by atoms with E-state index in [0.717, 1.165) is 21.2 Å². The Morgan fingerprint density at radius 3 is 0.733 bits per heavy atom. The fourth-order valence-electron chi connectivity index (χ4n) is 4.86. The zero-order valence-corrected chi connectivity index (χ0v) is 27.6. The Morgan fingerprint density at radius 2 is 0.511 bits per heavy atom. The molecule has 240 valence electrons. The van der Waals surface area contributed by atoms with Gasteiger partial charge >= 0.3 is 0 Å². The van der Waals surface area contributed by atoms with E-state index in [2.05, 4.69) is 0 Å². The molecule has 0 amide bonds. The molecule has 4 rings (SSSR count). The molecule has 0 unspecified atom stereocenters. The van der Waals surface area contributed by atoms with Gasteiger partial charge in [0.05, 0.1) is 66.1 Å². The average molecular weight is 651 g/mol. The number of hydrogen-bond acceptors (Lipinski definition) is 7. The summed E-state index contributed by atoms with van der Waals surface area (Å²) >= 11 is 0. The molecule has 0 aliphatic heterocycles. The fourth-order valence-corrected chi connectivity index (χ4v) is 9.87. The maximum atomic E-state index is 13.9. The third-order valence-corrected chi connectivity index (χ3v) is 13.4. The van der Waals surface area contributed by atoms with E-state index in [1.54, 1.807) is 0 Å². The van der Waals surface area contributed by atoms with Crippen LogP contribution in [0.3, 0.4) is 0 Å². The highest BCUT2D eigenvalue weighted by Gasteiger charge is 2.27. The van der Waals surface area contributed by atoms with Crippen molar-refractivity contribution in [1.82, 2.24) is 0 Å². The minimum absolute atomic E-state index is 0.390. The van der Waals surface area contributed by atoms with Crippen LogP contribution < -0.4 is 21.2 Å². The van der Waals surface area contributed by atoms with Gasteiger partial charge in [0.1, 0.15) is 14.3 Å². The maximum Gasteiger partial charge on any atom is 0.145 e. The molecular weight excluding hydrogens is 606 g/mol. The summed E-state index contributed by atoms with van der Waals surface area (Å²) in [4.78, 5) is 0. The zero-order valence-electron chi connectivity index (χ0n) is 25.8. The van der Waals surface area contributed by atoms with E-state index >= 15 is 0 Å². The lowest BCUT2D eigenvalue weighted by Crippen LogP contribution is -2.21. The predicted molar refractivity (Wildman–Crippen MR) is 183 cm³/mol. The predicted octanol–water partition coefficient (Wildman–Crippen LogP) is 5.10. The van der Waals surface area contributed by atoms with E-state index < -0.39 is 14.3 Å². The molecule has 0 aliphatic carbocycles. The molecule has 0 bridgehead atoms. The Kier molecular flexibility index (Phi) is 15.3. The van der Waals surface area contributed by atoms with E-state index in [9.17, 15) is 9.13 Å². The van der Waals surface area contributed by atoms with Gasteiger partial charge in [-0.2, -0.15) is 0 Å². The van der Waals surface area contributed by atoms with Crippen molar-refractivity contribution in [2.75, 3.05) is 78.4 Å². The molecule has 0 atom stereocenters. The van der Waals surface area contributed by atoms with Gasteiger partial charge < -0.3 is 32.8 Å². The Balaban J connectivity index is 0.995. The van der Waals surface area contributed by atoms with Gasteiger partial charge in [-0.1, -0.05) is 121 Å². The van der Waals surface area contributed by atoms with Crippen molar-refractivity contribution in [3.05, 3.63) is 121 Å². The first-order valence-electron chi connectivity index (χ1n) is 15.4. The Hall–Kier alpha value is -2.86. The van der Waals surface area contributed by atoms with E-state index in [-0.39, 0.29) is 0 Å². The SMILES string of the molecule is O=P(CCOCCOCCOCCOCCOCCP(=O)(c1ccccc1)c1ccccc1)(c1ccccc1)c1ccccc1. The fraction of sp³-hybridized carbons (Fsp3) is 0.333. The van der Waals surface area contributed by atoms with Gasteiger partial charge in [0.25, 0.3) is 0 Å². The van der Waals surface area contributed by atoms with Crippen LogP contribution in [0, 0.1) is 0 Å². The van der Waals surface area contributed by atoms with Gasteiger partial charge in [0, 0.05) is 33.5 Å². The molecule has 0 spiro atoms. The molecule has 7 nitrogen and oxygen atoms in total. The molecule has 0 fully saturated rings. The molecule has 45 heavy (non-hydrogen) atoms. The topological polar surface area (TPSA) is 80.3 Å². The summed E-state index contributed by atoms with van der Waals surface area (Å²) in [5, 5.41) is 3.38. The number of ether oxygens (including phenoxy) is 5. The standard InChI is InChI=1S/C36H44O7P2/c37-44(33-13-5-1-6-14-33,34-15-7-2-8-16-34)31-29-42-27-25-40-23-21-39-22-24-41-26-28-43-30-32-45(38,35-17-9-3-10-18-35)36-19-11-4-12-20-36/h1-20H,21-32H2. The molecule has 0 aliphatic rings. The van der Waals surface area contributed by atoms with Crippen molar-refractivity contribution in [3.8, 4) is 0 Å². The number of hydrogen-bond donors (Lipinski definition) is 0. The molecular formula is C36H44O7P2. The Labute approximate surface area is 267 Å². The largest absolute Gasteiger partial charge is 0.379 e. The van der Waals surface area contributed by atoms with Crippen molar-refractivity contribution in [3.63, 3.8) is 0 Å². The third-order valence-electron chi connectivity index (χ3n) is 7.28. The molecule has 0 heterocycles. The average Bonchev–Trinajstić information content (AvgIpc) is 3.11. The Bertz CT molecular complexity index is 1240. The van der Waals surface area contributed by atoms with E-state index in [1.807, 2.05) is 121 Å². The highest BCUT2D eigenvalue weighted by molar-refractivity contribution is 7.79. The van der Waals surface area contributed by atoms with Crippen molar-refractivity contribution in [2.45, 2.75) is 0 Å². The summed E-state index contributed by atoms with van der Waals surface area (Å²) in [6.45, 7) is 4.38. The van der Waals surface area contributed by atoms with E-state index in [0.29, 0.717) is 78.4 Å². The van der Waals surface area contributed by atoms with Crippen LogP contribution in [0.2, 0.25) is 0 Å². The Morgan fingerprint density at radius 1 is 0.311 bits per heavy atom. The summed E-state index contributed by atoms with van der Waals surface area (Å²) in [6.07, 6.45) is 0.884. The van der Waals surface area contributed by atoms with Crippen LogP contribution >= 0.6 is 14.3 Å². The van der Waals surface area contributed by atoms with Crippen LogP contribution in [-0.2, 0) is 32.8 Å². The van der Waals surface area contributed by atoms with Crippen molar-refractivity contribution < 1.29 is 32.8 Å². The minimum Gasteiger partial charge on any atom is -0.379 e. The van der Waals surface area contributed by atoms with Gasteiger partial charge in [-0.05, 0) is 0 Å². The number of benzene rings is 4. The van der Waals surface area contributed by atoms with Gasteiger partial charge in [-0.25, -0.2) is 0 Å². The first-order valence-corrected chi connectivity index (χ1v) is 19.2. The molecule has 9 heteroatoms. The summed E-state index contributed by atoms with van der Waals surface area (Å²) < 4.78 is 56.1. The summed E-state index contributed by atoms with van der Waals surface area (Å²) in [5.41, 5.74) is 0. The first kappa shape index (κ1) is 35.0. The van der Waals surface area contributed by atoms with Crippen LogP contribution in [-0.4, -0.2) is 78.4 Å². The smallest absolute Gasteiger partial charge is 0.145 e. The van der Waals surface area contributed by atoms with Gasteiger partial charge in [0.2, 0.25) is 0 Å². The lowest BCUT2D eigenvalue weighted by molar-refractivity contribution is -0.00913. The molecule has 0 saturated heterocycles. The number of rotatable bonds is 22. The van der Waals surface area contributed by atoms with E-state index in [4.69, 9.17) is 23.7 Å². The molecule has 0 saturated carbocycles. The molecule has 4 aromatic rings. The maximum absolute atomic E-state index is 13.9. The summed E-state index contributed by atoms with van der Waals surface area (Å²) in [6, 6.07) is 38.5. The van der Waals surface area contributed by atoms with Gasteiger partial charge in [-0.3, -0.25) is 0 Å². The highest BCUT2D eigenvalue weighted by atomic mass is 31.2. The van der Waals surface area contributed by atoms with Crippen LogP contribution in [0.5, 0.6) is 0 Å². The van der Waals surface area contributed by atoms with Gasteiger partial charge in [-0.15, -0.1) is 0 Å². The lowest BCUT2D eigenvalue weighted by atomic mass is 10.4. The van der Waals surface area contributed by atoms with Crippen LogP contribution in [0.4, 0.5) is 0 Å². The van der Waals surface area contributed by atoms with E-state index in [1.165, 1.54) is 0 Å². The highest BCUT2D eigenvalue weighted by Crippen LogP contribution is 2.43. The molecule has 0 N–H and O–H groups in total. The second-order valence-electron chi connectivity index (χ2n) is 10.3. The molecule has 0 radical (unpaired) electrons. The van der Waals surface area contributed by atoms with Crippen molar-refractivity contribution in [1.29, 1.82) is 0 Å². The second-order valence-corrected chi connectivity index (χ2v) is 16.2. The normalized spacial score (nSPS) is 11.9. The molecule has 4 aromatic carbocycles. The van der Waals surface area contributed by atoms with Crippen molar-refractivity contribution in [2.24, 2.45) is 0 Å². The van der Waals surface area contributed by atoms with Gasteiger partial charge in [0.15, 0.2) is 0 Å². The monoisotopic (exact) mass is 650 g/mol. The zero-order chi connectivity index (χ0) is 31.5. The third kappa shape index (κ3) is 11.2.